The van der Waals surface area contributed by atoms with Crippen LogP contribution in [0.3, 0.4) is 0 Å². The first-order valence-corrected chi connectivity index (χ1v) is 5.14. The number of hydrogen-bond acceptors (Lipinski definition) is 3. The van der Waals surface area contributed by atoms with Gasteiger partial charge in [0, 0.05) is 19.6 Å². The predicted octanol–water partition coefficient (Wildman–Crippen LogP) is 1.01. The second-order valence-electron chi connectivity index (χ2n) is 3.55. The SMILES string of the molecule is O=C(O)CC(CCCO)CCCCO. The van der Waals surface area contributed by atoms with Gasteiger partial charge in [0.15, 0.2) is 0 Å². The molecule has 0 aliphatic rings. The Morgan fingerprint density at radius 3 is 2.07 bits per heavy atom. The summed E-state index contributed by atoms with van der Waals surface area (Å²) in [6.07, 6.45) is 4.01. The van der Waals surface area contributed by atoms with E-state index in [0.29, 0.717) is 6.42 Å². The number of aliphatic carboxylic acids is 1. The van der Waals surface area contributed by atoms with Gasteiger partial charge in [0.2, 0.25) is 0 Å². The van der Waals surface area contributed by atoms with Crippen molar-refractivity contribution in [2.24, 2.45) is 5.92 Å². The minimum Gasteiger partial charge on any atom is -0.481 e. The number of carboxylic acids is 1. The highest BCUT2D eigenvalue weighted by Gasteiger charge is 2.12. The van der Waals surface area contributed by atoms with Gasteiger partial charge in [-0.15, -0.1) is 0 Å². The molecule has 0 aromatic carbocycles. The molecule has 84 valence electrons. The molecule has 0 aromatic heterocycles. The number of carbonyl (C=O) groups is 1. The maximum atomic E-state index is 10.5. The van der Waals surface area contributed by atoms with Gasteiger partial charge < -0.3 is 15.3 Å². The maximum Gasteiger partial charge on any atom is 0.303 e. The molecule has 0 saturated carbocycles. The Bertz CT molecular complexity index is 147. The van der Waals surface area contributed by atoms with Crippen LogP contribution in [-0.4, -0.2) is 34.5 Å². The van der Waals surface area contributed by atoms with Crippen LogP contribution in [0.2, 0.25) is 0 Å². The summed E-state index contributed by atoms with van der Waals surface area (Å²) < 4.78 is 0. The number of carboxylic acid groups (broad SMARTS) is 1. The van der Waals surface area contributed by atoms with E-state index in [4.69, 9.17) is 15.3 Å². The van der Waals surface area contributed by atoms with Gasteiger partial charge in [-0.25, -0.2) is 0 Å². The third-order valence-corrected chi connectivity index (χ3v) is 2.25. The van der Waals surface area contributed by atoms with E-state index in [1.54, 1.807) is 0 Å². The topological polar surface area (TPSA) is 77.8 Å². The zero-order chi connectivity index (χ0) is 10.8. The van der Waals surface area contributed by atoms with Gasteiger partial charge in [-0.2, -0.15) is 0 Å². The molecular formula is C10H20O4. The molecule has 0 saturated heterocycles. The smallest absolute Gasteiger partial charge is 0.303 e. The van der Waals surface area contributed by atoms with Crippen LogP contribution in [0.1, 0.15) is 38.5 Å². The molecular weight excluding hydrogens is 184 g/mol. The second-order valence-corrected chi connectivity index (χ2v) is 3.55. The average Bonchev–Trinajstić information content (AvgIpc) is 2.13. The monoisotopic (exact) mass is 204 g/mol. The molecule has 0 bridgehead atoms. The van der Waals surface area contributed by atoms with Crippen molar-refractivity contribution in [1.29, 1.82) is 0 Å². The Labute approximate surface area is 84.6 Å². The van der Waals surface area contributed by atoms with E-state index < -0.39 is 5.97 Å². The number of aliphatic hydroxyl groups excluding tert-OH is 2. The normalized spacial score (nSPS) is 12.7. The van der Waals surface area contributed by atoms with Crippen molar-refractivity contribution in [2.45, 2.75) is 38.5 Å². The molecule has 0 rings (SSSR count). The van der Waals surface area contributed by atoms with E-state index in [-0.39, 0.29) is 25.6 Å². The number of aliphatic hydroxyl groups is 2. The van der Waals surface area contributed by atoms with E-state index in [1.165, 1.54) is 0 Å². The van der Waals surface area contributed by atoms with Gasteiger partial charge in [-0.05, 0) is 31.6 Å². The summed E-state index contributed by atoms with van der Waals surface area (Å²) >= 11 is 0. The highest BCUT2D eigenvalue weighted by molar-refractivity contribution is 5.66. The van der Waals surface area contributed by atoms with Gasteiger partial charge >= 0.3 is 5.97 Å². The van der Waals surface area contributed by atoms with E-state index >= 15 is 0 Å². The van der Waals surface area contributed by atoms with Crippen LogP contribution in [0, 0.1) is 5.92 Å². The summed E-state index contributed by atoms with van der Waals surface area (Å²) in [5, 5.41) is 25.8. The van der Waals surface area contributed by atoms with E-state index in [2.05, 4.69) is 0 Å². The Hall–Kier alpha value is -0.610. The standard InChI is InChI=1S/C10H20O4/c11-6-2-1-4-9(5-3-7-12)8-10(13)14/h9,11-12H,1-8H2,(H,13,14). The number of unbranched alkanes of at least 4 members (excludes halogenated alkanes) is 1. The molecule has 1 unspecified atom stereocenters. The molecule has 0 amide bonds. The molecule has 14 heavy (non-hydrogen) atoms. The van der Waals surface area contributed by atoms with Gasteiger partial charge in [0.1, 0.15) is 0 Å². The lowest BCUT2D eigenvalue weighted by molar-refractivity contribution is -0.138. The van der Waals surface area contributed by atoms with Crippen LogP contribution in [-0.2, 0) is 4.79 Å². The summed E-state index contributed by atoms with van der Waals surface area (Å²) in [5.41, 5.74) is 0. The molecule has 0 fully saturated rings. The first-order valence-electron chi connectivity index (χ1n) is 5.14. The summed E-state index contributed by atoms with van der Waals surface area (Å²) in [5.74, 6) is -0.636. The lowest BCUT2D eigenvalue weighted by atomic mass is 9.94. The summed E-state index contributed by atoms with van der Waals surface area (Å²) in [6.45, 7) is 0.288. The minimum atomic E-state index is -0.781. The molecule has 0 spiro atoms. The van der Waals surface area contributed by atoms with Crippen LogP contribution in [0.4, 0.5) is 0 Å². The first kappa shape index (κ1) is 13.4. The third kappa shape index (κ3) is 8.01. The van der Waals surface area contributed by atoms with Crippen molar-refractivity contribution < 1.29 is 20.1 Å². The van der Waals surface area contributed by atoms with Crippen molar-refractivity contribution in [2.75, 3.05) is 13.2 Å². The van der Waals surface area contributed by atoms with Crippen molar-refractivity contribution in [3.63, 3.8) is 0 Å². The average molecular weight is 204 g/mol. The molecule has 4 nitrogen and oxygen atoms in total. The van der Waals surface area contributed by atoms with Gasteiger partial charge in [0.25, 0.3) is 0 Å². The molecule has 0 aromatic rings. The highest BCUT2D eigenvalue weighted by atomic mass is 16.4. The highest BCUT2D eigenvalue weighted by Crippen LogP contribution is 2.18. The lowest BCUT2D eigenvalue weighted by Crippen LogP contribution is -2.09. The number of rotatable bonds is 9. The van der Waals surface area contributed by atoms with E-state index in [9.17, 15) is 4.79 Å². The fourth-order valence-electron chi connectivity index (χ4n) is 1.52. The first-order chi connectivity index (χ1) is 6.70. The second kappa shape index (κ2) is 8.97. The molecule has 0 radical (unpaired) electrons. The Balaban J connectivity index is 3.66. The fraction of sp³-hybridized carbons (Fsp3) is 0.900. The van der Waals surface area contributed by atoms with Crippen molar-refractivity contribution >= 4 is 5.97 Å². The van der Waals surface area contributed by atoms with E-state index in [0.717, 1.165) is 25.7 Å². The quantitative estimate of drug-likeness (QED) is 0.490. The summed E-state index contributed by atoms with van der Waals surface area (Å²) in [6, 6.07) is 0. The van der Waals surface area contributed by atoms with Crippen LogP contribution in [0.25, 0.3) is 0 Å². The summed E-state index contributed by atoms with van der Waals surface area (Å²) in [4.78, 5) is 10.5. The third-order valence-electron chi connectivity index (χ3n) is 2.25. The van der Waals surface area contributed by atoms with Gasteiger partial charge in [-0.3, -0.25) is 4.79 Å². The maximum absolute atomic E-state index is 10.5. The van der Waals surface area contributed by atoms with Gasteiger partial charge in [0.05, 0.1) is 0 Å². The Morgan fingerprint density at radius 2 is 1.57 bits per heavy atom. The Morgan fingerprint density at radius 1 is 1.00 bits per heavy atom. The van der Waals surface area contributed by atoms with Crippen molar-refractivity contribution in [3.8, 4) is 0 Å². The number of hydrogen-bond donors (Lipinski definition) is 3. The van der Waals surface area contributed by atoms with Crippen LogP contribution in [0.5, 0.6) is 0 Å². The molecule has 3 N–H and O–H groups in total. The predicted molar refractivity (Wildman–Crippen MR) is 53.0 cm³/mol. The van der Waals surface area contributed by atoms with Gasteiger partial charge in [-0.1, -0.05) is 6.42 Å². The van der Waals surface area contributed by atoms with Crippen LogP contribution in [0.15, 0.2) is 0 Å². The van der Waals surface area contributed by atoms with Crippen molar-refractivity contribution in [1.82, 2.24) is 0 Å². The van der Waals surface area contributed by atoms with Crippen molar-refractivity contribution in [3.05, 3.63) is 0 Å². The van der Waals surface area contributed by atoms with Crippen LogP contribution >= 0.6 is 0 Å². The summed E-state index contributed by atoms with van der Waals surface area (Å²) in [7, 11) is 0. The Kier molecular flexibility index (Phi) is 8.57. The van der Waals surface area contributed by atoms with E-state index in [1.807, 2.05) is 0 Å². The lowest BCUT2D eigenvalue weighted by Gasteiger charge is -2.13. The molecule has 0 aliphatic carbocycles. The molecule has 0 aliphatic heterocycles. The molecule has 0 heterocycles. The largest absolute Gasteiger partial charge is 0.481 e. The zero-order valence-electron chi connectivity index (χ0n) is 8.48. The molecule has 1 atom stereocenters. The minimum absolute atomic E-state index is 0.121. The molecule has 4 heteroatoms. The fourth-order valence-corrected chi connectivity index (χ4v) is 1.52. The van der Waals surface area contributed by atoms with Crippen LogP contribution < -0.4 is 0 Å². The zero-order valence-corrected chi connectivity index (χ0v) is 8.48.